The fraction of sp³-hybridized carbons (Fsp3) is 0.908. The molecule has 0 heterocycles. The number of allylic oxidation sites excluding steroid dienone is 2. The molecule has 4 heteroatoms. The highest BCUT2D eigenvalue weighted by Crippen LogP contribution is 2.20. The monoisotopic (exact) mass is 969 g/mol. The Balaban J connectivity index is 3.09. The third kappa shape index (κ3) is 66.4. The van der Waals surface area contributed by atoms with Gasteiger partial charge in [-0.15, -0.1) is 0 Å². The SMILES string of the molecule is O=C(O)C=CCCCCCCCCCCCCCCCCCCCCCCCCCCCCCCCCCCCCCCCCCCCCCCCCCCCCCCCCCCCC=CC(=O)O. The zero-order valence-electron chi connectivity index (χ0n) is 46.7. The van der Waals surface area contributed by atoms with Crippen molar-refractivity contribution in [1.82, 2.24) is 0 Å². The molecule has 0 amide bonds. The van der Waals surface area contributed by atoms with Crippen LogP contribution in [-0.2, 0) is 9.59 Å². The minimum absolute atomic E-state index is 0.828. The summed E-state index contributed by atoms with van der Waals surface area (Å²) in [4.78, 5) is 20.9. The van der Waals surface area contributed by atoms with Gasteiger partial charge >= 0.3 is 11.9 Å². The van der Waals surface area contributed by atoms with Gasteiger partial charge in [-0.1, -0.05) is 365 Å². The average Bonchev–Trinajstić information content (AvgIpc) is 3.34. The van der Waals surface area contributed by atoms with E-state index in [0.717, 1.165) is 25.7 Å². The molecule has 0 aliphatic heterocycles. The van der Waals surface area contributed by atoms with Crippen LogP contribution < -0.4 is 0 Å². The first-order valence-corrected chi connectivity index (χ1v) is 31.9. The quantitative estimate of drug-likeness (QED) is 0.0470. The van der Waals surface area contributed by atoms with Gasteiger partial charge in [-0.05, 0) is 25.7 Å². The predicted octanol–water partition coefficient (Wildman–Crippen LogP) is 23.3. The van der Waals surface area contributed by atoms with Crippen molar-refractivity contribution >= 4 is 11.9 Å². The van der Waals surface area contributed by atoms with Gasteiger partial charge < -0.3 is 10.2 Å². The van der Waals surface area contributed by atoms with Crippen LogP contribution in [0.25, 0.3) is 0 Å². The lowest BCUT2D eigenvalue weighted by Crippen LogP contribution is -1.86. The maximum atomic E-state index is 10.4. The fourth-order valence-corrected chi connectivity index (χ4v) is 10.6. The molecule has 0 fully saturated rings. The van der Waals surface area contributed by atoms with E-state index in [0.29, 0.717) is 0 Å². The van der Waals surface area contributed by atoms with E-state index in [1.165, 1.54) is 365 Å². The van der Waals surface area contributed by atoms with E-state index in [9.17, 15) is 9.59 Å². The number of rotatable bonds is 62. The van der Waals surface area contributed by atoms with Crippen LogP contribution in [0.4, 0.5) is 0 Å². The summed E-state index contributed by atoms with van der Waals surface area (Å²) >= 11 is 0. The van der Waals surface area contributed by atoms with Crippen molar-refractivity contribution in [3.8, 4) is 0 Å². The van der Waals surface area contributed by atoms with Gasteiger partial charge in [0.2, 0.25) is 0 Å². The Labute approximate surface area is 433 Å². The van der Waals surface area contributed by atoms with Crippen LogP contribution >= 0.6 is 0 Å². The van der Waals surface area contributed by atoms with E-state index in [2.05, 4.69) is 0 Å². The number of hydrogen-bond donors (Lipinski definition) is 2. The van der Waals surface area contributed by atoms with Crippen LogP contribution in [0, 0.1) is 0 Å². The molecular formula is C65H124O4. The Hall–Kier alpha value is -1.58. The zero-order chi connectivity index (χ0) is 49.7. The van der Waals surface area contributed by atoms with Crippen molar-refractivity contribution in [3.05, 3.63) is 24.3 Å². The molecule has 0 saturated heterocycles. The van der Waals surface area contributed by atoms with Crippen LogP contribution in [0.3, 0.4) is 0 Å². The van der Waals surface area contributed by atoms with Gasteiger partial charge in [-0.25, -0.2) is 9.59 Å². The first kappa shape index (κ1) is 67.4. The molecule has 0 aromatic rings. The average molecular weight is 970 g/mol. The Bertz CT molecular complexity index is 953. The van der Waals surface area contributed by atoms with Gasteiger partial charge in [0.1, 0.15) is 0 Å². The number of aliphatic carboxylic acids is 2. The molecule has 2 N–H and O–H groups in total. The van der Waals surface area contributed by atoms with Crippen LogP contribution in [0.15, 0.2) is 24.3 Å². The molecular weight excluding hydrogens is 845 g/mol. The van der Waals surface area contributed by atoms with E-state index < -0.39 is 11.9 Å². The molecule has 0 rings (SSSR count). The summed E-state index contributed by atoms with van der Waals surface area (Å²) in [7, 11) is 0. The summed E-state index contributed by atoms with van der Waals surface area (Å²) in [6, 6.07) is 0. The van der Waals surface area contributed by atoms with Crippen LogP contribution in [-0.4, -0.2) is 22.2 Å². The first-order valence-electron chi connectivity index (χ1n) is 31.9. The van der Waals surface area contributed by atoms with Gasteiger partial charge in [0.25, 0.3) is 0 Å². The number of carboxylic acids is 2. The summed E-state index contributed by atoms with van der Waals surface area (Å²) < 4.78 is 0. The Kier molecular flexibility index (Phi) is 61.1. The molecule has 0 saturated carbocycles. The molecule has 0 aromatic carbocycles. The third-order valence-electron chi connectivity index (χ3n) is 15.3. The molecule has 0 unspecified atom stereocenters. The minimum Gasteiger partial charge on any atom is -0.478 e. The molecule has 0 spiro atoms. The maximum Gasteiger partial charge on any atom is 0.327 e. The smallest absolute Gasteiger partial charge is 0.327 e. The highest BCUT2D eigenvalue weighted by Gasteiger charge is 2.00. The lowest BCUT2D eigenvalue weighted by atomic mass is 10.0. The van der Waals surface area contributed by atoms with Crippen LogP contribution in [0.1, 0.15) is 379 Å². The van der Waals surface area contributed by atoms with Gasteiger partial charge in [-0.2, -0.15) is 0 Å². The number of carbonyl (C=O) groups is 2. The van der Waals surface area contributed by atoms with Crippen LogP contribution in [0.2, 0.25) is 0 Å². The van der Waals surface area contributed by atoms with Crippen molar-refractivity contribution in [2.24, 2.45) is 0 Å². The number of carboxylic acid groups (broad SMARTS) is 2. The molecule has 0 aliphatic rings. The second-order valence-electron chi connectivity index (χ2n) is 22.2. The summed E-state index contributed by atoms with van der Waals surface area (Å²) in [5.41, 5.74) is 0. The standard InChI is InChI=1S/C65H124O4/c66-64(67)62-60-58-56-54-52-50-48-46-44-42-40-38-36-34-32-30-28-26-24-22-20-18-16-14-12-10-8-6-4-2-1-3-5-7-9-11-13-15-17-19-21-23-25-27-29-31-33-35-37-39-41-43-45-47-49-51-53-55-57-59-61-63-65(68)69/h60-63H,1-59H2,(H,66,67)(H,68,69). The Morgan fingerprint density at radius 1 is 0.174 bits per heavy atom. The number of unbranched alkanes of at least 4 members (excludes halogenated alkanes) is 58. The maximum absolute atomic E-state index is 10.4. The Morgan fingerprint density at radius 3 is 0.348 bits per heavy atom. The molecule has 0 bridgehead atoms. The van der Waals surface area contributed by atoms with Gasteiger partial charge in [0.05, 0.1) is 0 Å². The van der Waals surface area contributed by atoms with E-state index in [4.69, 9.17) is 10.2 Å². The molecule has 408 valence electrons. The second-order valence-corrected chi connectivity index (χ2v) is 22.2. The van der Waals surface area contributed by atoms with Crippen molar-refractivity contribution in [3.63, 3.8) is 0 Å². The summed E-state index contributed by atoms with van der Waals surface area (Å²) in [5.74, 6) is -1.66. The topological polar surface area (TPSA) is 74.6 Å². The van der Waals surface area contributed by atoms with Crippen molar-refractivity contribution in [1.29, 1.82) is 0 Å². The second kappa shape index (κ2) is 62.5. The first-order chi connectivity index (χ1) is 34.1. The molecule has 0 radical (unpaired) electrons. The van der Waals surface area contributed by atoms with Crippen molar-refractivity contribution in [2.75, 3.05) is 0 Å². The molecule has 0 aliphatic carbocycles. The van der Waals surface area contributed by atoms with Crippen LogP contribution in [0.5, 0.6) is 0 Å². The van der Waals surface area contributed by atoms with E-state index in [1.807, 2.05) is 0 Å². The highest BCUT2D eigenvalue weighted by atomic mass is 16.4. The molecule has 0 atom stereocenters. The summed E-state index contributed by atoms with van der Waals surface area (Å²) in [6.45, 7) is 0. The minimum atomic E-state index is -0.828. The fourth-order valence-electron chi connectivity index (χ4n) is 10.6. The van der Waals surface area contributed by atoms with Gasteiger partial charge in [0, 0.05) is 12.2 Å². The lowest BCUT2D eigenvalue weighted by molar-refractivity contribution is -0.132. The predicted molar refractivity (Wildman–Crippen MR) is 306 cm³/mol. The van der Waals surface area contributed by atoms with E-state index in [1.54, 1.807) is 12.2 Å². The van der Waals surface area contributed by atoms with E-state index in [-0.39, 0.29) is 0 Å². The molecule has 69 heavy (non-hydrogen) atoms. The third-order valence-corrected chi connectivity index (χ3v) is 15.3. The van der Waals surface area contributed by atoms with Crippen molar-refractivity contribution in [2.45, 2.75) is 379 Å². The molecule has 4 nitrogen and oxygen atoms in total. The normalized spacial score (nSPS) is 11.8. The largest absolute Gasteiger partial charge is 0.478 e. The summed E-state index contributed by atoms with van der Waals surface area (Å²) in [5, 5.41) is 17.2. The lowest BCUT2D eigenvalue weighted by Gasteiger charge is -2.05. The highest BCUT2D eigenvalue weighted by molar-refractivity contribution is 5.79. The van der Waals surface area contributed by atoms with Gasteiger partial charge in [-0.3, -0.25) is 0 Å². The van der Waals surface area contributed by atoms with Crippen molar-refractivity contribution < 1.29 is 19.8 Å². The van der Waals surface area contributed by atoms with E-state index >= 15 is 0 Å². The molecule has 0 aromatic heterocycles. The van der Waals surface area contributed by atoms with Gasteiger partial charge in [0.15, 0.2) is 0 Å². The Morgan fingerprint density at radius 2 is 0.261 bits per heavy atom. The summed E-state index contributed by atoms with van der Waals surface area (Å²) in [6.07, 6.45) is 89.4. The number of hydrogen-bond acceptors (Lipinski definition) is 2. The zero-order valence-corrected chi connectivity index (χ0v) is 46.7.